The van der Waals surface area contributed by atoms with Gasteiger partial charge in [0.05, 0.1) is 5.69 Å². The summed E-state index contributed by atoms with van der Waals surface area (Å²) in [5.41, 5.74) is 6.05. The van der Waals surface area contributed by atoms with Gasteiger partial charge in [-0.25, -0.2) is 9.78 Å². The molecule has 1 fully saturated rings. The van der Waals surface area contributed by atoms with Gasteiger partial charge in [0.15, 0.2) is 0 Å². The van der Waals surface area contributed by atoms with Gasteiger partial charge in [0, 0.05) is 13.1 Å². The van der Waals surface area contributed by atoms with Crippen molar-refractivity contribution < 1.29 is 9.90 Å². The molecular formula is C10H14N4O2. The fourth-order valence-electron chi connectivity index (χ4n) is 1.90. The van der Waals surface area contributed by atoms with Crippen LogP contribution in [0.2, 0.25) is 0 Å². The summed E-state index contributed by atoms with van der Waals surface area (Å²) in [6.45, 7) is 3.46. The first-order valence-corrected chi connectivity index (χ1v) is 5.22. The molecule has 2 rings (SSSR count). The highest BCUT2D eigenvalue weighted by atomic mass is 16.4. The van der Waals surface area contributed by atoms with Gasteiger partial charge in [-0.1, -0.05) is 0 Å². The minimum Gasteiger partial charge on any atom is -0.477 e. The molecule has 1 aliphatic heterocycles. The Labute approximate surface area is 93.1 Å². The van der Waals surface area contributed by atoms with Gasteiger partial charge in [-0.2, -0.15) is 4.98 Å². The molecule has 0 aromatic carbocycles. The average molecular weight is 222 g/mol. The third-order valence-corrected chi connectivity index (χ3v) is 2.71. The van der Waals surface area contributed by atoms with Gasteiger partial charge in [-0.3, -0.25) is 0 Å². The van der Waals surface area contributed by atoms with E-state index >= 15 is 0 Å². The summed E-state index contributed by atoms with van der Waals surface area (Å²) in [6, 6.07) is 0. The Morgan fingerprint density at radius 2 is 2.00 bits per heavy atom. The average Bonchev–Trinajstić information content (AvgIpc) is 2.67. The van der Waals surface area contributed by atoms with E-state index in [1.54, 1.807) is 6.92 Å². The molecule has 0 amide bonds. The van der Waals surface area contributed by atoms with Crippen molar-refractivity contribution in [2.24, 2.45) is 0 Å². The molecule has 3 N–H and O–H groups in total. The number of hydrogen-bond acceptors (Lipinski definition) is 5. The van der Waals surface area contributed by atoms with Crippen LogP contribution in [0.4, 0.5) is 11.8 Å². The summed E-state index contributed by atoms with van der Waals surface area (Å²) in [7, 11) is 0. The molecule has 1 aliphatic rings. The van der Waals surface area contributed by atoms with Gasteiger partial charge in [0.1, 0.15) is 11.4 Å². The molecule has 6 nitrogen and oxygen atoms in total. The van der Waals surface area contributed by atoms with Crippen molar-refractivity contribution in [3.63, 3.8) is 0 Å². The van der Waals surface area contributed by atoms with Gasteiger partial charge in [-0.05, 0) is 19.8 Å². The lowest BCUT2D eigenvalue weighted by molar-refractivity contribution is 0.0696. The maximum Gasteiger partial charge on any atom is 0.341 e. The largest absolute Gasteiger partial charge is 0.477 e. The Balaban J connectivity index is 2.40. The highest BCUT2D eigenvalue weighted by molar-refractivity contribution is 5.93. The topological polar surface area (TPSA) is 92.3 Å². The molecule has 2 heterocycles. The van der Waals surface area contributed by atoms with Crippen molar-refractivity contribution in [2.75, 3.05) is 23.7 Å². The second-order valence-electron chi connectivity index (χ2n) is 3.87. The summed E-state index contributed by atoms with van der Waals surface area (Å²) >= 11 is 0. The fourth-order valence-corrected chi connectivity index (χ4v) is 1.90. The summed E-state index contributed by atoms with van der Waals surface area (Å²) in [5.74, 6) is -0.498. The van der Waals surface area contributed by atoms with E-state index in [0.717, 1.165) is 25.9 Å². The smallest absolute Gasteiger partial charge is 0.341 e. The van der Waals surface area contributed by atoms with Crippen LogP contribution in [0, 0.1) is 6.92 Å². The first-order chi connectivity index (χ1) is 7.59. The fraction of sp³-hybridized carbons (Fsp3) is 0.500. The number of carboxylic acid groups (broad SMARTS) is 1. The molecule has 6 heteroatoms. The van der Waals surface area contributed by atoms with Crippen molar-refractivity contribution in [1.29, 1.82) is 0 Å². The molecule has 0 spiro atoms. The van der Waals surface area contributed by atoms with E-state index < -0.39 is 5.97 Å². The third kappa shape index (κ3) is 1.78. The van der Waals surface area contributed by atoms with Crippen molar-refractivity contribution in [3.8, 4) is 0 Å². The Hall–Kier alpha value is -1.85. The highest BCUT2D eigenvalue weighted by Gasteiger charge is 2.20. The molecule has 0 aliphatic carbocycles. The Morgan fingerprint density at radius 1 is 1.38 bits per heavy atom. The van der Waals surface area contributed by atoms with Crippen molar-refractivity contribution in [3.05, 3.63) is 11.3 Å². The lowest BCUT2D eigenvalue weighted by atomic mass is 10.2. The van der Waals surface area contributed by atoms with Crippen LogP contribution in [0.1, 0.15) is 28.9 Å². The lowest BCUT2D eigenvalue weighted by Gasteiger charge is -2.16. The number of aromatic carboxylic acids is 1. The highest BCUT2D eigenvalue weighted by Crippen LogP contribution is 2.20. The quantitative estimate of drug-likeness (QED) is 0.763. The zero-order valence-corrected chi connectivity index (χ0v) is 9.10. The number of carboxylic acids is 1. The van der Waals surface area contributed by atoms with E-state index in [-0.39, 0.29) is 11.4 Å². The lowest BCUT2D eigenvalue weighted by Crippen LogP contribution is -2.22. The molecular weight excluding hydrogens is 208 g/mol. The van der Waals surface area contributed by atoms with Gasteiger partial charge < -0.3 is 15.7 Å². The van der Waals surface area contributed by atoms with Crippen molar-refractivity contribution in [1.82, 2.24) is 9.97 Å². The molecule has 0 bridgehead atoms. The minimum absolute atomic E-state index is 0.00273. The molecule has 0 saturated carbocycles. The predicted molar refractivity (Wildman–Crippen MR) is 59.6 cm³/mol. The predicted octanol–water partition coefficient (Wildman–Crippen LogP) is 0.666. The van der Waals surface area contributed by atoms with Crippen molar-refractivity contribution in [2.45, 2.75) is 19.8 Å². The first-order valence-electron chi connectivity index (χ1n) is 5.22. The molecule has 16 heavy (non-hydrogen) atoms. The van der Waals surface area contributed by atoms with E-state index in [2.05, 4.69) is 9.97 Å². The normalized spacial score (nSPS) is 15.4. The number of hydrogen-bond donors (Lipinski definition) is 2. The summed E-state index contributed by atoms with van der Waals surface area (Å²) in [5, 5.41) is 8.93. The number of carbonyl (C=O) groups is 1. The maximum atomic E-state index is 10.9. The summed E-state index contributed by atoms with van der Waals surface area (Å²) in [6.07, 6.45) is 2.23. The molecule has 0 unspecified atom stereocenters. The van der Waals surface area contributed by atoms with Gasteiger partial charge in [-0.15, -0.1) is 0 Å². The Morgan fingerprint density at radius 3 is 2.50 bits per heavy atom. The van der Waals surface area contributed by atoms with E-state index in [4.69, 9.17) is 10.8 Å². The van der Waals surface area contributed by atoms with Gasteiger partial charge in [0.2, 0.25) is 5.95 Å². The van der Waals surface area contributed by atoms with Crippen LogP contribution < -0.4 is 10.6 Å². The summed E-state index contributed by atoms with van der Waals surface area (Å²) < 4.78 is 0. The maximum absolute atomic E-state index is 10.9. The van der Waals surface area contributed by atoms with E-state index in [1.807, 2.05) is 4.90 Å². The number of rotatable bonds is 2. The second-order valence-corrected chi connectivity index (χ2v) is 3.87. The van der Waals surface area contributed by atoms with Crippen LogP contribution >= 0.6 is 0 Å². The third-order valence-electron chi connectivity index (χ3n) is 2.71. The number of aryl methyl sites for hydroxylation is 1. The molecule has 86 valence electrons. The van der Waals surface area contributed by atoms with E-state index in [1.165, 1.54) is 0 Å². The number of aromatic nitrogens is 2. The van der Waals surface area contributed by atoms with Gasteiger partial charge >= 0.3 is 5.97 Å². The molecule has 0 radical (unpaired) electrons. The van der Waals surface area contributed by atoms with Crippen LogP contribution in [-0.2, 0) is 0 Å². The first kappa shape index (κ1) is 10.7. The van der Waals surface area contributed by atoms with Gasteiger partial charge in [0.25, 0.3) is 0 Å². The van der Waals surface area contributed by atoms with Crippen LogP contribution in [0.5, 0.6) is 0 Å². The Kier molecular flexibility index (Phi) is 2.64. The Bertz CT molecular complexity index is 404. The van der Waals surface area contributed by atoms with E-state index in [9.17, 15) is 4.79 Å². The monoisotopic (exact) mass is 222 g/mol. The van der Waals surface area contributed by atoms with E-state index in [0.29, 0.717) is 11.6 Å². The van der Waals surface area contributed by atoms with Crippen molar-refractivity contribution >= 4 is 17.7 Å². The van der Waals surface area contributed by atoms with Crippen LogP contribution in [0.3, 0.4) is 0 Å². The second kappa shape index (κ2) is 3.96. The SMILES string of the molecule is Cc1nc(N2CCCC2)nc(N)c1C(=O)O. The summed E-state index contributed by atoms with van der Waals surface area (Å²) in [4.78, 5) is 21.2. The number of nitrogen functional groups attached to an aromatic ring is 1. The standard InChI is InChI=1S/C10H14N4O2/c1-6-7(9(15)16)8(11)13-10(12-6)14-4-2-3-5-14/h2-5H2,1H3,(H,15,16)(H2,11,12,13). The van der Waals surface area contributed by atoms with Crippen LogP contribution in [0.25, 0.3) is 0 Å². The molecule has 1 saturated heterocycles. The number of anilines is 2. The molecule has 1 aromatic rings. The zero-order chi connectivity index (χ0) is 11.7. The molecule has 0 atom stereocenters. The number of nitrogens with two attached hydrogens (primary N) is 1. The van der Waals surface area contributed by atoms with Crippen LogP contribution in [-0.4, -0.2) is 34.1 Å². The molecule has 1 aromatic heterocycles. The minimum atomic E-state index is -1.08. The zero-order valence-electron chi connectivity index (χ0n) is 9.10. The van der Waals surface area contributed by atoms with Crippen LogP contribution in [0.15, 0.2) is 0 Å². The number of nitrogens with zero attached hydrogens (tertiary/aromatic N) is 3.